The molecule has 12 heavy (non-hydrogen) atoms. The van der Waals surface area contributed by atoms with Crippen LogP contribution in [0.4, 0.5) is 0 Å². The molecule has 2 rings (SSSR count). The first-order valence-corrected chi connectivity index (χ1v) is 5.43. The van der Waals surface area contributed by atoms with E-state index in [1.54, 1.807) is 6.26 Å². The van der Waals surface area contributed by atoms with Gasteiger partial charge in [0, 0.05) is 6.26 Å². The van der Waals surface area contributed by atoms with E-state index in [2.05, 4.69) is 22.1 Å². The molecule has 64 valence electrons. The molecule has 1 aromatic heterocycles. The number of fused-ring (bicyclic) bond motifs is 1. The van der Waals surface area contributed by atoms with E-state index in [1.807, 2.05) is 0 Å². The Bertz CT molecular complexity index is 399. The number of aromatic nitrogens is 2. The Morgan fingerprint density at radius 3 is 2.92 bits per heavy atom. The fourth-order valence-corrected chi connectivity index (χ4v) is 1.75. The molecule has 1 unspecified atom stereocenters. The minimum absolute atomic E-state index is 0.578. The summed E-state index contributed by atoms with van der Waals surface area (Å²) in [5.41, 5.74) is 0. The van der Waals surface area contributed by atoms with E-state index in [1.165, 1.54) is 0 Å². The fraction of sp³-hybridized carbons (Fsp3) is 0.375. The summed E-state index contributed by atoms with van der Waals surface area (Å²) in [7, 11) is -1.00. The maximum absolute atomic E-state index is 11.1. The third-order valence-corrected chi connectivity index (χ3v) is 2.60. The second kappa shape index (κ2) is 2.86. The quantitative estimate of drug-likeness (QED) is 0.636. The Kier molecular flexibility index (Phi) is 1.84. The lowest BCUT2D eigenvalue weighted by Crippen LogP contribution is -2.26. The van der Waals surface area contributed by atoms with Crippen molar-refractivity contribution in [2.24, 2.45) is 0 Å². The number of hydrogen-bond donors (Lipinski definition) is 1. The van der Waals surface area contributed by atoms with Gasteiger partial charge in [-0.1, -0.05) is 12.2 Å². The van der Waals surface area contributed by atoms with Crippen LogP contribution in [-0.4, -0.2) is 20.4 Å². The van der Waals surface area contributed by atoms with Crippen molar-refractivity contribution in [2.45, 2.75) is 18.0 Å². The SMILES string of the molecule is CS(=O)c1nc2c([nH]1)=CCCC=2. The second-order valence-corrected chi connectivity index (χ2v) is 4.08. The molecule has 0 saturated heterocycles. The van der Waals surface area contributed by atoms with Gasteiger partial charge >= 0.3 is 0 Å². The molecule has 0 radical (unpaired) electrons. The molecule has 1 N–H and O–H groups in total. The van der Waals surface area contributed by atoms with Gasteiger partial charge in [-0.2, -0.15) is 0 Å². The lowest BCUT2D eigenvalue weighted by Gasteiger charge is -1.89. The van der Waals surface area contributed by atoms with Gasteiger partial charge in [-0.3, -0.25) is 4.21 Å². The number of rotatable bonds is 1. The molecule has 1 heterocycles. The van der Waals surface area contributed by atoms with Crippen molar-refractivity contribution >= 4 is 23.0 Å². The molecule has 3 nitrogen and oxygen atoms in total. The summed E-state index contributed by atoms with van der Waals surface area (Å²) >= 11 is 0. The third kappa shape index (κ3) is 1.22. The van der Waals surface area contributed by atoms with E-state index in [4.69, 9.17) is 0 Å². The minimum atomic E-state index is -1.00. The van der Waals surface area contributed by atoms with Crippen LogP contribution in [0.3, 0.4) is 0 Å². The molecular weight excluding hydrogens is 172 g/mol. The van der Waals surface area contributed by atoms with Crippen LogP contribution < -0.4 is 10.7 Å². The van der Waals surface area contributed by atoms with Gasteiger partial charge in [-0.25, -0.2) is 4.98 Å². The van der Waals surface area contributed by atoms with E-state index >= 15 is 0 Å². The van der Waals surface area contributed by atoms with Crippen molar-refractivity contribution in [1.29, 1.82) is 0 Å². The minimum Gasteiger partial charge on any atom is -0.331 e. The lowest BCUT2D eigenvalue weighted by molar-refractivity contribution is 0.681. The van der Waals surface area contributed by atoms with Crippen LogP contribution in [0.2, 0.25) is 0 Å². The molecule has 1 aromatic rings. The summed E-state index contributed by atoms with van der Waals surface area (Å²) in [6, 6.07) is 0. The molecule has 1 aliphatic carbocycles. The second-order valence-electron chi connectivity index (χ2n) is 2.78. The van der Waals surface area contributed by atoms with E-state index in [0.717, 1.165) is 23.5 Å². The van der Waals surface area contributed by atoms with Gasteiger partial charge in [0.25, 0.3) is 0 Å². The van der Waals surface area contributed by atoms with Crippen LogP contribution in [0.5, 0.6) is 0 Å². The monoisotopic (exact) mass is 182 g/mol. The smallest absolute Gasteiger partial charge is 0.197 e. The zero-order valence-electron chi connectivity index (χ0n) is 6.83. The molecule has 1 aliphatic rings. The molecule has 0 bridgehead atoms. The first-order valence-electron chi connectivity index (χ1n) is 3.87. The topological polar surface area (TPSA) is 45.8 Å². The zero-order chi connectivity index (χ0) is 8.55. The lowest BCUT2D eigenvalue weighted by atomic mass is 10.2. The number of H-pyrrole nitrogens is 1. The van der Waals surface area contributed by atoms with Crippen LogP contribution in [0.1, 0.15) is 12.8 Å². The summed E-state index contributed by atoms with van der Waals surface area (Å²) in [4.78, 5) is 7.24. The fourth-order valence-electron chi connectivity index (χ4n) is 1.27. The van der Waals surface area contributed by atoms with Crippen molar-refractivity contribution in [3.8, 4) is 0 Å². The highest BCUT2D eigenvalue weighted by molar-refractivity contribution is 7.84. The van der Waals surface area contributed by atoms with Gasteiger partial charge in [0.2, 0.25) is 0 Å². The van der Waals surface area contributed by atoms with Crippen LogP contribution in [0.15, 0.2) is 5.16 Å². The van der Waals surface area contributed by atoms with Crippen molar-refractivity contribution in [3.63, 3.8) is 0 Å². The molecule has 0 aromatic carbocycles. The maximum Gasteiger partial charge on any atom is 0.197 e. The van der Waals surface area contributed by atoms with Gasteiger partial charge in [0.05, 0.1) is 21.5 Å². The molecule has 0 saturated carbocycles. The van der Waals surface area contributed by atoms with E-state index in [0.29, 0.717) is 5.16 Å². The summed E-state index contributed by atoms with van der Waals surface area (Å²) in [6.45, 7) is 0. The van der Waals surface area contributed by atoms with Gasteiger partial charge in [-0.05, 0) is 12.8 Å². The summed E-state index contributed by atoms with van der Waals surface area (Å²) in [5, 5.41) is 2.55. The predicted octanol–water partition coefficient (Wildman–Crippen LogP) is -0.498. The molecule has 0 spiro atoms. The van der Waals surface area contributed by atoms with Crippen LogP contribution in [0, 0.1) is 0 Å². The van der Waals surface area contributed by atoms with Crippen LogP contribution >= 0.6 is 0 Å². The molecule has 0 aliphatic heterocycles. The van der Waals surface area contributed by atoms with Crippen LogP contribution in [-0.2, 0) is 10.8 Å². The maximum atomic E-state index is 11.1. The highest BCUT2D eigenvalue weighted by Gasteiger charge is 2.03. The first-order chi connectivity index (χ1) is 5.77. The zero-order valence-corrected chi connectivity index (χ0v) is 7.65. The van der Waals surface area contributed by atoms with Gasteiger partial charge in [-0.15, -0.1) is 0 Å². The van der Waals surface area contributed by atoms with E-state index in [9.17, 15) is 4.21 Å². The van der Waals surface area contributed by atoms with Crippen molar-refractivity contribution in [2.75, 3.05) is 6.26 Å². The average molecular weight is 182 g/mol. The van der Waals surface area contributed by atoms with Crippen molar-refractivity contribution in [1.82, 2.24) is 9.97 Å². The standard InChI is InChI=1S/C8H10N2OS/c1-12(11)8-9-6-4-2-3-5-7(6)10-8/h4-5H,2-3H2,1H3,(H,9,10). The third-order valence-electron chi connectivity index (χ3n) is 1.86. The summed E-state index contributed by atoms with van der Waals surface area (Å²) in [5.74, 6) is 0. The summed E-state index contributed by atoms with van der Waals surface area (Å²) in [6.07, 6.45) is 7.88. The predicted molar refractivity (Wildman–Crippen MR) is 48.3 cm³/mol. The van der Waals surface area contributed by atoms with Gasteiger partial charge in [0.1, 0.15) is 0 Å². The normalized spacial score (nSPS) is 17.4. The highest BCUT2D eigenvalue weighted by Crippen LogP contribution is 1.95. The van der Waals surface area contributed by atoms with E-state index in [-0.39, 0.29) is 0 Å². The van der Waals surface area contributed by atoms with Gasteiger partial charge < -0.3 is 4.98 Å². The Morgan fingerprint density at radius 2 is 2.25 bits per heavy atom. The number of hydrogen-bond acceptors (Lipinski definition) is 2. The molecular formula is C8H10N2OS. The number of nitrogens with one attached hydrogen (secondary N) is 1. The number of imidazole rings is 1. The van der Waals surface area contributed by atoms with Gasteiger partial charge in [0.15, 0.2) is 5.16 Å². The average Bonchev–Trinajstić information content (AvgIpc) is 2.46. The highest BCUT2D eigenvalue weighted by atomic mass is 32.2. The number of nitrogens with zero attached hydrogens (tertiary/aromatic N) is 1. The molecule has 4 heteroatoms. The number of aromatic amines is 1. The van der Waals surface area contributed by atoms with Crippen molar-refractivity contribution in [3.05, 3.63) is 10.7 Å². The van der Waals surface area contributed by atoms with Crippen molar-refractivity contribution < 1.29 is 4.21 Å². The van der Waals surface area contributed by atoms with Crippen LogP contribution in [0.25, 0.3) is 12.2 Å². The Hall–Kier alpha value is -0.900. The Morgan fingerprint density at radius 1 is 1.50 bits per heavy atom. The summed E-state index contributed by atoms with van der Waals surface area (Å²) < 4.78 is 11.1. The largest absolute Gasteiger partial charge is 0.331 e. The first kappa shape index (κ1) is 7.73. The Labute approximate surface area is 72.7 Å². The Balaban J connectivity index is 2.68. The molecule has 0 fully saturated rings. The van der Waals surface area contributed by atoms with E-state index < -0.39 is 10.8 Å². The molecule has 0 amide bonds. The molecule has 1 atom stereocenters.